The van der Waals surface area contributed by atoms with E-state index in [1.54, 1.807) is 12.1 Å². The lowest BCUT2D eigenvalue weighted by Gasteiger charge is -2.04. The Hall–Kier alpha value is -2.13. The van der Waals surface area contributed by atoms with E-state index < -0.39 is 0 Å². The molecule has 0 fully saturated rings. The second kappa shape index (κ2) is 8.35. The topological polar surface area (TPSA) is 41.5 Å². The summed E-state index contributed by atoms with van der Waals surface area (Å²) in [6, 6.07) is 17.5. The zero-order chi connectivity index (χ0) is 15.8. The molecule has 0 saturated carbocycles. The zero-order valence-electron chi connectivity index (χ0n) is 12.6. The average molecular weight is 315 g/mol. The summed E-state index contributed by atoms with van der Waals surface area (Å²) < 4.78 is 0. The molecule has 0 unspecified atom stereocenters. The normalized spacial score (nSPS) is 11.3. The first-order valence-corrected chi connectivity index (χ1v) is 7.66. The fraction of sp³-hybridized carbons (Fsp3) is 0.222. The lowest BCUT2D eigenvalue weighted by molar-refractivity contribution is -0.121. The van der Waals surface area contributed by atoms with Gasteiger partial charge in [-0.25, -0.2) is 5.43 Å². The van der Waals surface area contributed by atoms with Gasteiger partial charge in [0.2, 0.25) is 5.91 Å². The maximum atomic E-state index is 11.8. The third-order valence-electron chi connectivity index (χ3n) is 3.32. The molecular weight excluding hydrogens is 296 g/mol. The summed E-state index contributed by atoms with van der Waals surface area (Å²) in [7, 11) is 0. The predicted octanol–water partition coefficient (Wildman–Crippen LogP) is 4.20. The molecule has 3 nitrogen and oxygen atoms in total. The zero-order valence-corrected chi connectivity index (χ0v) is 13.3. The van der Waals surface area contributed by atoms with Crippen molar-refractivity contribution in [1.29, 1.82) is 0 Å². The van der Waals surface area contributed by atoms with Crippen molar-refractivity contribution in [1.82, 2.24) is 5.43 Å². The molecule has 114 valence electrons. The molecule has 1 amide bonds. The largest absolute Gasteiger partial charge is 0.273 e. The van der Waals surface area contributed by atoms with Crippen molar-refractivity contribution in [2.75, 3.05) is 0 Å². The number of hydrazone groups is 1. The van der Waals surface area contributed by atoms with Crippen molar-refractivity contribution in [3.8, 4) is 0 Å². The lowest BCUT2D eigenvalue weighted by atomic mass is 10.1. The van der Waals surface area contributed by atoms with Crippen LogP contribution in [0.1, 0.15) is 30.9 Å². The Morgan fingerprint density at radius 3 is 2.45 bits per heavy atom. The number of amides is 1. The number of nitrogens with zero attached hydrogens (tertiary/aromatic N) is 1. The van der Waals surface area contributed by atoms with Gasteiger partial charge in [0, 0.05) is 11.4 Å². The number of hydrogen-bond donors (Lipinski definition) is 1. The second-order valence-corrected chi connectivity index (χ2v) is 5.51. The molecule has 2 aromatic carbocycles. The van der Waals surface area contributed by atoms with Crippen molar-refractivity contribution in [3.63, 3.8) is 0 Å². The van der Waals surface area contributed by atoms with Gasteiger partial charge in [-0.3, -0.25) is 4.79 Å². The molecule has 0 heterocycles. The van der Waals surface area contributed by atoms with Crippen molar-refractivity contribution in [2.24, 2.45) is 5.10 Å². The van der Waals surface area contributed by atoms with Crippen LogP contribution in [-0.4, -0.2) is 11.6 Å². The Kier molecular flexibility index (Phi) is 6.16. The number of carbonyl (C=O) groups excluding carboxylic acids is 1. The average Bonchev–Trinajstić information content (AvgIpc) is 2.54. The maximum Gasteiger partial charge on any atom is 0.240 e. The van der Waals surface area contributed by atoms with Crippen molar-refractivity contribution in [2.45, 2.75) is 26.2 Å². The quantitative estimate of drug-likeness (QED) is 0.630. The fourth-order valence-corrected chi connectivity index (χ4v) is 2.18. The second-order valence-electron chi connectivity index (χ2n) is 5.08. The van der Waals surface area contributed by atoms with Crippen LogP contribution in [0.3, 0.4) is 0 Å². The first-order valence-electron chi connectivity index (χ1n) is 7.28. The Morgan fingerprint density at radius 1 is 1.09 bits per heavy atom. The van der Waals surface area contributed by atoms with Crippen LogP contribution in [0.2, 0.25) is 5.02 Å². The van der Waals surface area contributed by atoms with Gasteiger partial charge in [0.05, 0.1) is 5.71 Å². The number of aryl methyl sites for hydroxylation is 1. The minimum atomic E-state index is -0.0655. The molecule has 0 aliphatic carbocycles. The molecule has 22 heavy (non-hydrogen) atoms. The van der Waals surface area contributed by atoms with Crippen LogP contribution in [0, 0.1) is 0 Å². The van der Waals surface area contributed by atoms with E-state index in [9.17, 15) is 4.79 Å². The van der Waals surface area contributed by atoms with Gasteiger partial charge in [-0.2, -0.15) is 5.10 Å². The molecule has 1 N–H and O–H groups in total. The molecule has 0 aromatic heterocycles. The van der Waals surface area contributed by atoms with E-state index in [0.29, 0.717) is 11.4 Å². The van der Waals surface area contributed by atoms with Crippen molar-refractivity contribution < 1.29 is 4.79 Å². The van der Waals surface area contributed by atoms with Gasteiger partial charge >= 0.3 is 0 Å². The van der Waals surface area contributed by atoms with Crippen molar-refractivity contribution >= 4 is 23.2 Å². The highest BCUT2D eigenvalue weighted by Crippen LogP contribution is 2.10. The fourth-order valence-electron chi connectivity index (χ4n) is 2.06. The van der Waals surface area contributed by atoms with Gasteiger partial charge in [-0.1, -0.05) is 54.1 Å². The number of hydrogen-bond acceptors (Lipinski definition) is 2. The molecule has 0 bridgehead atoms. The summed E-state index contributed by atoms with van der Waals surface area (Å²) in [6.07, 6.45) is 2.17. The van der Waals surface area contributed by atoms with E-state index in [1.807, 2.05) is 37.3 Å². The summed E-state index contributed by atoms with van der Waals surface area (Å²) in [5, 5.41) is 4.81. The summed E-state index contributed by atoms with van der Waals surface area (Å²) in [5.41, 5.74) is 5.54. The summed E-state index contributed by atoms with van der Waals surface area (Å²) in [6.45, 7) is 1.85. The third-order valence-corrected chi connectivity index (χ3v) is 3.57. The van der Waals surface area contributed by atoms with Crippen LogP contribution in [-0.2, 0) is 11.2 Å². The molecule has 0 aliphatic rings. The van der Waals surface area contributed by atoms with Crippen LogP contribution in [0.15, 0.2) is 59.7 Å². The van der Waals surface area contributed by atoms with Gasteiger partial charge in [-0.15, -0.1) is 0 Å². The molecule has 0 spiro atoms. The number of rotatable bonds is 6. The van der Waals surface area contributed by atoms with Crippen LogP contribution >= 0.6 is 11.6 Å². The SMILES string of the molecule is C/C(=N\NC(=O)CCCc1ccccc1)c1ccc(Cl)cc1. The molecule has 0 saturated heterocycles. The molecule has 2 rings (SSSR count). The lowest BCUT2D eigenvalue weighted by Crippen LogP contribution is -2.19. The number of benzene rings is 2. The van der Waals surface area contributed by atoms with Crippen LogP contribution in [0.4, 0.5) is 0 Å². The molecule has 0 aliphatic heterocycles. The molecular formula is C18H19ClN2O. The van der Waals surface area contributed by atoms with E-state index in [-0.39, 0.29) is 5.91 Å². The van der Waals surface area contributed by atoms with Crippen molar-refractivity contribution in [3.05, 3.63) is 70.7 Å². The highest BCUT2D eigenvalue weighted by molar-refractivity contribution is 6.30. The predicted molar refractivity (Wildman–Crippen MR) is 91.2 cm³/mol. The van der Waals surface area contributed by atoms with E-state index in [4.69, 9.17) is 11.6 Å². The van der Waals surface area contributed by atoms with Gasteiger partial charge in [0.15, 0.2) is 0 Å². The van der Waals surface area contributed by atoms with E-state index in [1.165, 1.54) is 5.56 Å². The highest BCUT2D eigenvalue weighted by atomic mass is 35.5. The highest BCUT2D eigenvalue weighted by Gasteiger charge is 2.02. The number of nitrogens with one attached hydrogen (secondary N) is 1. The summed E-state index contributed by atoms with van der Waals surface area (Å²) in [5.74, 6) is -0.0655. The van der Waals surface area contributed by atoms with Crippen LogP contribution < -0.4 is 5.43 Å². The van der Waals surface area contributed by atoms with Gasteiger partial charge in [0.25, 0.3) is 0 Å². The minimum Gasteiger partial charge on any atom is -0.273 e. The first-order chi connectivity index (χ1) is 10.6. The monoisotopic (exact) mass is 314 g/mol. The van der Waals surface area contributed by atoms with Gasteiger partial charge < -0.3 is 0 Å². The van der Waals surface area contributed by atoms with E-state index in [0.717, 1.165) is 24.1 Å². The Labute approximate surface area is 136 Å². The summed E-state index contributed by atoms with van der Waals surface area (Å²) in [4.78, 5) is 11.8. The molecule has 0 atom stereocenters. The Morgan fingerprint density at radius 2 is 1.77 bits per heavy atom. The smallest absolute Gasteiger partial charge is 0.240 e. The van der Waals surface area contributed by atoms with Crippen LogP contribution in [0.25, 0.3) is 0 Å². The number of carbonyl (C=O) groups is 1. The Bertz CT molecular complexity index is 636. The maximum absolute atomic E-state index is 11.8. The Balaban J connectivity index is 1.77. The molecule has 0 radical (unpaired) electrons. The van der Waals surface area contributed by atoms with Crippen LogP contribution in [0.5, 0.6) is 0 Å². The standard InChI is InChI=1S/C18H19ClN2O/c1-14(16-10-12-17(19)13-11-16)20-21-18(22)9-5-8-15-6-3-2-4-7-15/h2-4,6-7,10-13H,5,8-9H2,1H3,(H,21,22)/b20-14+. The minimum absolute atomic E-state index is 0.0655. The van der Waals surface area contributed by atoms with E-state index >= 15 is 0 Å². The summed E-state index contributed by atoms with van der Waals surface area (Å²) >= 11 is 5.84. The molecule has 4 heteroatoms. The third kappa shape index (κ3) is 5.34. The first kappa shape index (κ1) is 16.2. The van der Waals surface area contributed by atoms with Gasteiger partial charge in [-0.05, 0) is 43.0 Å². The van der Waals surface area contributed by atoms with Gasteiger partial charge in [0.1, 0.15) is 0 Å². The number of halogens is 1. The van der Waals surface area contributed by atoms with E-state index in [2.05, 4.69) is 22.7 Å². The molecule has 2 aromatic rings.